The van der Waals surface area contributed by atoms with Crippen molar-refractivity contribution in [2.45, 2.75) is 32.2 Å². The van der Waals surface area contributed by atoms with Gasteiger partial charge in [-0.25, -0.2) is 0 Å². The maximum absolute atomic E-state index is 4.71. The van der Waals surface area contributed by atoms with Crippen molar-refractivity contribution < 1.29 is 0 Å². The van der Waals surface area contributed by atoms with Crippen LogP contribution in [0.3, 0.4) is 0 Å². The second-order valence-corrected chi connectivity index (χ2v) is 6.39. The quantitative estimate of drug-likeness (QED) is 0.786. The first-order valence-corrected chi connectivity index (χ1v) is 7.60. The largest absolute Gasteiger partial charge is 0.375 e. The zero-order valence-electron chi connectivity index (χ0n) is 11.4. The van der Waals surface area contributed by atoms with Gasteiger partial charge < -0.3 is 5.32 Å². The topological polar surface area (TPSA) is 55.1 Å². The first-order valence-electron chi connectivity index (χ1n) is 6.79. The van der Waals surface area contributed by atoms with Crippen molar-refractivity contribution in [1.82, 2.24) is 19.8 Å². The van der Waals surface area contributed by atoms with Crippen LogP contribution in [-0.2, 0) is 6.42 Å². The molecule has 1 aromatic carbocycles. The van der Waals surface area contributed by atoms with Crippen LogP contribution in [0.1, 0.15) is 42.2 Å². The van der Waals surface area contributed by atoms with E-state index in [1.54, 1.807) is 11.3 Å². The highest BCUT2D eigenvalue weighted by Crippen LogP contribution is 2.35. The van der Waals surface area contributed by atoms with Gasteiger partial charge in [-0.05, 0) is 11.6 Å². The van der Waals surface area contributed by atoms with Gasteiger partial charge in [0, 0.05) is 18.0 Å². The molecule has 2 aromatic heterocycles. The lowest BCUT2D eigenvalue weighted by Gasteiger charge is -2.06. The number of aromatic nitrogens is 4. The van der Waals surface area contributed by atoms with Crippen molar-refractivity contribution in [1.29, 1.82) is 0 Å². The van der Waals surface area contributed by atoms with Crippen LogP contribution in [0, 0.1) is 0 Å². The third-order valence-corrected chi connectivity index (χ3v) is 4.63. The van der Waals surface area contributed by atoms with E-state index in [4.69, 9.17) is 5.10 Å². The van der Waals surface area contributed by atoms with E-state index >= 15 is 0 Å². The van der Waals surface area contributed by atoms with Gasteiger partial charge in [0.25, 0.3) is 0 Å². The molecule has 3 heterocycles. The van der Waals surface area contributed by atoms with Crippen molar-refractivity contribution >= 4 is 22.0 Å². The average molecular weight is 285 g/mol. The second-order valence-electron chi connectivity index (χ2n) is 5.41. The molecule has 0 saturated heterocycles. The van der Waals surface area contributed by atoms with E-state index in [0.29, 0.717) is 5.92 Å². The van der Waals surface area contributed by atoms with Gasteiger partial charge in [0.1, 0.15) is 5.01 Å². The lowest BCUT2D eigenvalue weighted by atomic mass is 10.1. The molecule has 1 N–H and O–H groups in total. The summed E-state index contributed by atoms with van der Waals surface area (Å²) in [5, 5.41) is 17.7. The maximum atomic E-state index is 4.71. The van der Waals surface area contributed by atoms with Crippen LogP contribution in [0.15, 0.2) is 24.3 Å². The minimum Gasteiger partial charge on any atom is -0.375 e. The number of para-hydroxylation sites is 1. The van der Waals surface area contributed by atoms with Crippen molar-refractivity contribution in [2.75, 3.05) is 5.32 Å². The van der Waals surface area contributed by atoms with Crippen LogP contribution >= 0.6 is 11.3 Å². The molecule has 0 radical (unpaired) electrons. The van der Waals surface area contributed by atoms with E-state index < -0.39 is 0 Å². The Morgan fingerprint density at radius 1 is 1.30 bits per heavy atom. The Labute approximate surface area is 120 Å². The summed E-state index contributed by atoms with van der Waals surface area (Å²) in [5.74, 6) is 1.26. The fourth-order valence-corrected chi connectivity index (χ4v) is 3.49. The Kier molecular flexibility index (Phi) is 2.53. The Balaban J connectivity index is 1.71. The van der Waals surface area contributed by atoms with E-state index in [9.17, 15) is 0 Å². The van der Waals surface area contributed by atoms with Crippen molar-refractivity contribution in [3.05, 3.63) is 40.7 Å². The Morgan fingerprint density at radius 3 is 2.95 bits per heavy atom. The summed E-state index contributed by atoms with van der Waals surface area (Å²) >= 11 is 1.62. The third kappa shape index (κ3) is 1.71. The summed E-state index contributed by atoms with van der Waals surface area (Å²) in [6, 6.07) is 8.68. The minimum atomic E-state index is 0.249. The van der Waals surface area contributed by atoms with E-state index in [1.807, 2.05) is 4.52 Å². The Hall–Kier alpha value is -1.95. The third-order valence-electron chi connectivity index (χ3n) is 3.62. The number of rotatable bonds is 2. The van der Waals surface area contributed by atoms with E-state index in [-0.39, 0.29) is 6.04 Å². The monoisotopic (exact) mass is 285 g/mol. The summed E-state index contributed by atoms with van der Waals surface area (Å²) in [6.45, 7) is 4.22. The number of anilines is 1. The van der Waals surface area contributed by atoms with Crippen molar-refractivity contribution in [3.8, 4) is 0 Å². The zero-order chi connectivity index (χ0) is 13.7. The molecule has 0 saturated carbocycles. The van der Waals surface area contributed by atoms with E-state index in [0.717, 1.165) is 22.2 Å². The molecule has 1 atom stereocenters. The first kappa shape index (κ1) is 11.8. The molecule has 1 unspecified atom stereocenters. The molecule has 0 spiro atoms. The highest BCUT2D eigenvalue weighted by Gasteiger charge is 2.26. The van der Waals surface area contributed by atoms with Crippen LogP contribution in [0.4, 0.5) is 5.69 Å². The first-order chi connectivity index (χ1) is 9.72. The molecule has 0 bridgehead atoms. The SMILES string of the molecule is CC(C)c1nnc2sc(C3Cc4ccccc4N3)nn12. The summed E-state index contributed by atoms with van der Waals surface area (Å²) in [7, 11) is 0. The second kappa shape index (κ2) is 4.28. The fraction of sp³-hybridized carbons (Fsp3) is 0.357. The molecule has 3 aromatic rings. The van der Waals surface area contributed by atoms with Crippen LogP contribution < -0.4 is 5.32 Å². The summed E-state index contributed by atoms with van der Waals surface area (Å²) in [4.78, 5) is 0.876. The maximum Gasteiger partial charge on any atom is 0.234 e. The van der Waals surface area contributed by atoms with Gasteiger partial charge in [-0.2, -0.15) is 9.61 Å². The van der Waals surface area contributed by atoms with Gasteiger partial charge >= 0.3 is 0 Å². The highest BCUT2D eigenvalue weighted by molar-refractivity contribution is 7.16. The number of fused-ring (bicyclic) bond motifs is 2. The van der Waals surface area contributed by atoms with Crippen LogP contribution in [0.25, 0.3) is 4.96 Å². The fourth-order valence-electron chi connectivity index (χ4n) is 2.59. The summed E-state index contributed by atoms with van der Waals surface area (Å²) in [5.41, 5.74) is 2.57. The van der Waals surface area contributed by atoms with Gasteiger partial charge in [0.05, 0.1) is 6.04 Å². The lowest BCUT2D eigenvalue weighted by molar-refractivity contribution is 0.701. The normalized spacial score (nSPS) is 17.6. The van der Waals surface area contributed by atoms with E-state index in [1.165, 1.54) is 11.3 Å². The molecule has 1 aliphatic rings. The number of benzene rings is 1. The van der Waals surface area contributed by atoms with Crippen LogP contribution in [0.5, 0.6) is 0 Å². The smallest absolute Gasteiger partial charge is 0.234 e. The molecule has 6 heteroatoms. The molecule has 1 aliphatic heterocycles. The average Bonchev–Trinajstić information content (AvgIpc) is 3.10. The number of hydrogen-bond acceptors (Lipinski definition) is 5. The molecule has 5 nitrogen and oxygen atoms in total. The minimum absolute atomic E-state index is 0.249. The van der Waals surface area contributed by atoms with Gasteiger partial charge in [-0.3, -0.25) is 0 Å². The molecule has 0 aliphatic carbocycles. The Bertz CT molecular complexity index is 748. The van der Waals surface area contributed by atoms with Gasteiger partial charge in [0.2, 0.25) is 4.96 Å². The molecule has 0 fully saturated rings. The summed E-state index contributed by atoms with van der Waals surface area (Å²) < 4.78 is 1.88. The molecule has 4 rings (SSSR count). The van der Waals surface area contributed by atoms with E-state index in [2.05, 4.69) is 53.6 Å². The molecule has 0 amide bonds. The molecule has 102 valence electrons. The highest BCUT2D eigenvalue weighted by atomic mass is 32.1. The predicted octanol–water partition coefficient (Wildman–Crippen LogP) is 3.02. The standard InChI is InChI=1S/C14H15N5S/c1-8(2)12-16-17-14-19(12)18-13(20-14)11-7-9-5-3-4-6-10(9)15-11/h3-6,8,11,15H,7H2,1-2H3. The van der Waals surface area contributed by atoms with Crippen molar-refractivity contribution in [2.24, 2.45) is 0 Å². The molecular weight excluding hydrogens is 270 g/mol. The summed E-state index contributed by atoms with van der Waals surface area (Å²) in [6.07, 6.45) is 0.983. The number of nitrogens with one attached hydrogen (secondary N) is 1. The predicted molar refractivity (Wildman–Crippen MR) is 79.3 cm³/mol. The van der Waals surface area contributed by atoms with Crippen LogP contribution in [-0.4, -0.2) is 19.8 Å². The number of nitrogens with zero attached hydrogens (tertiary/aromatic N) is 4. The Morgan fingerprint density at radius 2 is 2.15 bits per heavy atom. The van der Waals surface area contributed by atoms with Crippen molar-refractivity contribution in [3.63, 3.8) is 0 Å². The van der Waals surface area contributed by atoms with Gasteiger partial charge in [-0.15, -0.1) is 10.2 Å². The van der Waals surface area contributed by atoms with Gasteiger partial charge in [0.15, 0.2) is 5.82 Å². The lowest BCUT2D eigenvalue weighted by Crippen LogP contribution is -2.07. The molecule has 20 heavy (non-hydrogen) atoms. The van der Waals surface area contributed by atoms with Gasteiger partial charge in [-0.1, -0.05) is 43.4 Å². The van der Waals surface area contributed by atoms with Crippen LogP contribution in [0.2, 0.25) is 0 Å². The molecular formula is C14H15N5S. The number of hydrogen-bond donors (Lipinski definition) is 1. The zero-order valence-corrected chi connectivity index (χ0v) is 12.2.